The standard InChI is InChI=1S/C32H26F3N3O6S2/c1-16-8-11-18(12-9-16)38-28(40)25-24(17-10-13-21(43-2)22(14-17)44-3)27-30(45-26(25)29(38)41)37(31(42)46-27)15-23(39)36-20-7-5-4-6-19(20)32(33,34)35/h4-14,24-26H,15H2,1-3H3,(H,36,39)/t24-,25?,26?/m1/s1. The molecule has 6 rings (SSSR count). The third-order valence-corrected chi connectivity index (χ3v) is 10.5. The van der Waals surface area contributed by atoms with E-state index in [4.69, 9.17) is 9.47 Å². The molecule has 1 fully saturated rings. The molecule has 0 spiro atoms. The van der Waals surface area contributed by atoms with Crippen molar-refractivity contribution in [3.63, 3.8) is 0 Å². The van der Waals surface area contributed by atoms with Crippen LogP contribution in [0.15, 0.2) is 76.6 Å². The van der Waals surface area contributed by atoms with Crippen LogP contribution in [0.5, 0.6) is 11.5 Å². The van der Waals surface area contributed by atoms with Gasteiger partial charge in [-0.15, -0.1) is 0 Å². The summed E-state index contributed by atoms with van der Waals surface area (Å²) in [7, 11) is 2.94. The zero-order chi connectivity index (χ0) is 32.9. The van der Waals surface area contributed by atoms with E-state index in [-0.39, 0.29) is 0 Å². The average Bonchev–Trinajstić information content (AvgIpc) is 3.47. The summed E-state index contributed by atoms with van der Waals surface area (Å²) < 4.78 is 52.7. The number of anilines is 2. The molecule has 2 unspecified atom stereocenters. The smallest absolute Gasteiger partial charge is 0.418 e. The molecule has 14 heteroatoms. The first kappa shape index (κ1) is 31.4. The zero-order valence-electron chi connectivity index (χ0n) is 24.6. The van der Waals surface area contributed by atoms with E-state index in [2.05, 4.69) is 5.32 Å². The second-order valence-corrected chi connectivity index (χ2v) is 12.8. The summed E-state index contributed by atoms with van der Waals surface area (Å²) in [6.45, 7) is 1.28. The number of hydrogen-bond acceptors (Lipinski definition) is 8. The van der Waals surface area contributed by atoms with Gasteiger partial charge in [0.2, 0.25) is 17.7 Å². The number of methoxy groups -OCH3 is 2. The summed E-state index contributed by atoms with van der Waals surface area (Å²) in [6, 6.07) is 16.6. The van der Waals surface area contributed by atoms with Crippen LogP contribution in [0.4, 0.5) is 24.5 Å². The Bertz CT molecular complexity index is 1920. The van der Waals surface area contributed by atoms with Crippen molar-refractivity contribution in [3.05, 3.63) is 98.0 Å². The lowest BCUT2D eigenvalue weighted by atomic mass is 9.83. The van der Waals surface area contributed by atoms with Crippen molar-refractivity contribution in [1.29, 1.82) is 0 Å². The monoisotopic (exact) mass is 669 g/mol. The molecule has 0 radical (unpaired) electrons. The molecule has 0 bridgehead atoms. The van der Waals surface area contributed by atoms with Crippen LogP contribution in [-0.2, 0) is 27.1 Å². The molecule has 2 aliphatic rings. The molecular formula is C32H26F3N3O6S2. The molecule has 3 atom stereocenters. The predicted molar refractivity (Wildman–Crippen MR) is 167 cm³/mol. The Morgan fingerprint density at radius 1 is 0.935 bits per heavy atom. The minimum atomic E-state index is -4.71. The van der Waals surface area contributed by atoms with Gasteiger partial charge in [0.1, 0.15) is 11.8 Å². The first-order chi connectivity index (χ1) is 21.9. The number of nitrogens with one attached hydrogen (secondary N) is 1. The SMILES string of the molecule is COc1ccc([C@H]2c3sc(=O)n(CC(=O)Nc4ccccc4C(F)(F)F)c3SC3C(=O)N(c4ccc(C)cc4)C(=O)C32)cc1OC. The molecule has 1 aromatic heterocycles. The van der Waals surface area contributed by atoms with Gasteiger partial charge in [0.15, 0.2) is 11.5 Å². The number of thiazole rings is 1. The van der Waals surface area contributed by atoms with Crippen LogP contribution >= 0.6 is 23.1 Å². The van der Waals surface area contributed by atoms with Crippen LogP contribution in [-0.4, -0.2) is 41.8 Å². The highest BCUT2D eigenvalue weighted by Gasteiger charge is 2.57. The van der Waals surface area contributed by atoms with Crippen molar-refractivity contribution in [1.82, 2.24) is 4.57 Å². The molecule has 0 saturated carbocycles. The highest BCUT2D eigenvalue weighted by Crippen LogP contribution is 2.54. The summed E-state index contributed by atoms with van der Waals surface area (Å²) >= 11 is 1.83. The largest absolute Gasteiger partial charge is 0.493 e. The van der Waals surface area contributed by atoms with Gasteiger partial charge in [-0.05, 0) is 48.9 Å². The number of carbonyl (C=O) groups excluding carboxylic acids is 3. The molecule has 1 saturated heterocycles. The Morgan fingerprint density at radius 2 is 1.63 bits per heavy atom. The number of para-hydroxylation sites is 1. The number of benzene rings is 3. The van der Waals surface area contributed by atoms with E-state index in [0.29, 0.717) is 32.7 Å². The maximum atomic E-state index is 14.1. The summed E-state index contributed by atoms with van der Waals surface area (Å²) in [4.78, 5) is 55.6. The van der Waals surface area contributed by atoms with E-state index in [0.717, 1.165) is 50.3 Å². The number of carbonyl (C=O) groups is 3. The summed E-state index contributed by atoms with van der Waals surface area (Å²) in [5.41, 5.74) is 0.460. The van der Waals surface area contributed by atoms with E-state index in [1.807, 2.05) is 6.92 Å². The van der Waals surface area contributed by atoms with Gasteiger partial charge >= 0.3 is 11.0 Å². The quantitative estimate of drug-likeness (QED) is 0.252. The van der Waals surface area contributed by atoms with E-state index >= 15 is 0 Å². The number of fused-ring (bicyclic) bond motifs is 2. The maximum Gasteiger partial charge on any atom is 0.418 e. The van der Waals surface area contributed by atoms with E-state index in [1.165, 1.54) is 26.4 Å². The van der Waals surface area contributed by atoms with Crippen molar-refractivity contribution >= 4 is 52.2 Å². The van der Waals surface area contributed by atoms with Crippen LogP contribution < -0.4 is 24.6 Å². The number of thioether (sulfide) groups is 1. The number of rotatable bonds is 7. The Labute approximate surface area is 268 Å². The Morgan fingerprint density at radius 3 is 2.30 bits per heavy atom. The number of alkyl halides is 3. The number of ether oxygens (including phenoxy) is 2. The van der Waals surface area contributed by atoms with Crippen LogP contribution in [0.1, 0.15) is 27.5 Å². The molecule has 3 aromatic carbocycles. The van der Waals surface area contributed by atoms with Gasteiger partial charge in [-0.3, -0.25) is 23.7 Å². The van der Waals surface area contributed by atoms with Gasteiger partial charge in [0, 0.05) is 10.8 Å². The van der Waals surface area contributed by atoms with Crippen molar-refractivity contribution in [2.24, 2.45) is 5.92 Å². The van der Waals surface area contributed by atoms with Crippen LogP contribution in [0.2, 0.25) is 0 Å². The average molecular weight is 670 g/mol. The highest BCUT2D eigenvalue weighted by molar-refractivity contribution is 8.00. The normalized spacial score (nSPS) is 19.1. The number of amides is 3. The fourth-order valence-corrected chi connectivity index (χ4v) is 8.55. The lowest BCUT2D eigenvalue weighted by Crippen LogP contribution is -2.33. The minimum Gasteiger partial charge on any atom is -0.493 e. The number of imide groups is 1. The van der Waals surface area contributed by atoms with Gasteiger partial charge < -0.3 is 14.8 Å². The number of hydrogen-bond donors (Lipinski definition) is 1. The summed E-state index contributed by atoms with van der Waals surface area (Å²) in [5.74, 6) is -2.65. The molecule has 2 aliphatic heterocycles. The van der Waals surface area contributed by atoms with Crippen molar-refractivity contribution < 1.29 is 37.0 Å². The van der Waals surface area contributed by atoms with Gasteiger partial charge in [-0.2, -0.15) is 13.2 Å². The molecule has 9 nitrogen and oxygen atoms in total. The molecule has 238 valence electrons. The number of aromatic nitrogens is 1. The van der Waals surface area contributed by atoms with Gasteiger partial charge in [-0.1, -0.05) is 59.0 Å². The van der Waals surface area contributed by atoms with Crippen molar-refractivity contribution in [3.8, 4) is 11.5 Å². The number of halogens is 3. The first-order valence-corrected chi connectivity index (χ1v) is 15.6. The molecule has 3 amide bonds. The molecule has 0 aliphatic carbocycles. The lowest BCUT2D eigenvalue weighted by Gasteiger charge is -2.31. The summed E-state index contributed by atoms with van der Waals surface area (Å²) in [6.07, 6.45) is -4.71. The second kappa shape index (κ2) is 12.0. The molecule has 1 N–H and O–H groups in total. The molecular weight excluding hydrogens is 643 g/mol. The molecule has 3 heterocycles. The van der Waals surface area contributed by atoms with Gasteiger partial charge in [0.05, 0.1) is 42.1 Å². The van der Waals surface area contributed by atoms with Crippen LogP contribution in [0.25, 0.3) is 0 Å². The first-order valence-electron chi connectivity index (χ1n) is 14.0. The van der Waals surface area contributed by atoms with E-state index in [9.17, 15) is 32.3 Å². The Kier molecular flexibility index (Phi) is 8.19. The topological polar surface area (TPSA) is 107 Å². The van der Waals surface area contributed by atoms with Crippen LogP contribution in [0.3, 0.4) is 0 Å². The third-order valence-electron chi connectivity index (χ3n) is 7.92. The van der Waals surface area contributed by atoms with Gasteiger partial charge in [-0.25, -0.2) is 4.90 Å². The molecule has 46 heavy (non-hydrogen) atoms. The number of nitrogens with zero attached hydrogens (tertiary/aromatic N) is 2. The summed E-state index contributed by atoms with van der Waals surface area (Å²) in [5, 5.41) is 1.62. The molecule has 4 aromatic rings. The lowest BCUT2D eigenvalue weighted by molar-refractivity contribution is -0.137. The van der Waals surface area contributed by atoms with E-state index < -0.39 is 63.7 Å². The minimum absolute atomic E-state index is 0.294. The number of aryl methyl sites for hydroxylation is 1. The second-order valence-electron chi connectivity index (χ2n) is 10.7. The Balaban J connectivity index is 1.43. The fraction of sp³-hybridized carbons (Fsp3) is 0.250. The van der Waals surface area contributed by atoms with Crippen molar-refractivity contribution in [2.45, 2.75) is 35.8 Å². The van der Waals surface area contributed by atoms with Crippen molar-refractivity contribution in [2.75, 3.05) is 24.4 Å². The fourth-order valence-electron chi connectivity index (χ4n) is 5.78. The predicted octanol–water partition coefficient (Wildman–Crippen LogP) is 5.69. The van der Waals surface area contributed by atoms with Crippen LogP contribution in [0, 0.1) is 12.8 Å². The third kappa shape index (κ3) is 5.45. The zero-order valence-corrected chi connectivity index (χ0v) is 26.2. The van der Waals surface area contributed by atoms with Gasteiger partial charge in [0.25, 0.3) is 0 Å². The van der Waals surface area contributed by atoms with E-state index in [1.54, 1.807) is 42.5 Å². The Hall–Kier alpha value is -4.56. The maximum absolute atomic E-state index is 14.1. The highest BCUT2D eigenvalue weighted by atomic mass is 32.2.